The van der Waals surface area contributed by atoms with Gasteiger partial charge in [-0.2, -0.15) is 0 Å². The van der Waals surface area contributed by atoms with E-state index < -0.39 is 0 Å². The van der Waals surface area contributed by atoms with Gasteiger partial charge in [-0.05, 0) is 6.07 Å². The number of anilines is 1. The number of nitrogens with two attached hydrogens (primary N) is 1. The maximum absolute atomic E-state index is 12.8. The zero-order valence-electron chi connectivity index (χ0n) is 7.56. The lowest BCUT2D eigenvalue weighted by atomic mass is 9.91. The lowest BCUT2D eigenvalue weighted by molar-refractivity contribution is 0.553. The van der Waals surface area contributed by atoms with Crippen LogP contribution in [0, 0.1) is 5.82 Å². The van der Waals surface area contributed by atoms with Crippen molar-refractivity contribution in [1.29, 1.82) is 0 Å². The quantitative estimate of drug-likeness (QED) is 0.644. The van der Waals surface area contributed by atoms with E-state index in [0.717, 1.165) is 0 Å². The molecule has 2 nitrogen and oxygen atoms in total. The van der Waals surface area contributed by atoms with E-state index in [1.807, 2.05) is 20.8 Å². The molecule has 1 rings (SSSR count). The van der Waals surface area contributed by atoms with E-state index in [1.54, 1.807) is 0 Å². The van der Waals surface area contributed by atoms with Crippen LogP contribution in [0.1, 0.15) is 26.5 Å². The van der Waals surface area contributed by atoms with Gasteiger partial charge in [0.25, 0.3) is 0 Å². The number of hydrogen-bond donors (Lipinski definition) is 1. The molecule has 0 spiro atoms. The van der Waals surface area contributed by atoms with Crippen LogP contribution in [-0.4, -0.2) is 4.98 Å². The Balaban J connectivity index is 3.18. The molecule has 0 fully saturated rings. The summed E-state index contributed by atoms with van der Waals surface area (Å²) in [6.45, 7) is 5.90. The fraction of sp³-hybridized carbons (Fsp3) is 0.444. The minimum absolute atomic E-state index is 0.157. The van der Waals surface area contributed by atoms with Crippen molar-refractivity contribution in [2.75, 3.05) is 5.73 Å². The summed E-state index contributed by atoms with van der Waals surface area (Å²) >= 11 is 0. The second-order valence-electron chi connectivity index (χ2n) is 3.85. The Morgan fingerprint density at radius 1 is 1.33 bits per heavy atom. The Morgan fingerprint density at radius 3 is 2.33 bits per heavy atom. The molecule has 0 aromatic carbocycles. The fourth-order valence-corrected chi connectivity index (χ4v) is 0.901. The third-order valence-electron chi connectivity index (χ3n) is 1.58. The fourth-order valence-electron chi connectivity index (χ4n) is 0.901. The maximum atomic E-state index is 12.8. The average molecular weight is 168 g/mol. The van der Waals surface area contributed by atoms with Crippen LogP contribution in [0.15, 0.2) is 12.1 Å². The van der Waals surface area contributed by atoms with Gasteiger partial charge in [0.05, 0.1) is 5.69 Å². The maximum Gasteiger partial charge on any atom is 0.128 e. The molecule has 0 radical (unpaired) electrons. The van der Waals surface area contributed by atoms with E-state index in [-0.39, 0.29) is 17.1 Å². The summed E-state index contributed by atoms with van der Waals surface area (Å²) in [4.78, 5) is 4.04. The minimum Gasteiger partial charge on any atom is -0.384 e. The molecule has 0 bridgehead atoms. The van der Waals surface area contributed by atoms with Crippen LogP contribution in [0.4, 0.5) is 10.2 Å². The molecule has 2 N–H and O–H groups in total. The van der Waals surface area contributed by atoms with E-state index in [9.17, 15) is 4.39 Å². The number of halogens is 1. The average Bonchev–Trinajstić information content (AvgIpc) is 1.82. The van der Waals surface area contributed by atoms with E-state index >= 15 is 0 Å². The van der Waals surface area contributed by atoms with E-state index in [2.05, 4.69) is 4.98 Å². The van der Waals surface area contributed by atoms with Crippen LogP contribution in [0.3, 0.4) is 0 Å². The van der Waals surface area contributed by atoms with Crippen molar-refractivity contribution >= 4 is 5.82 Å². The molecule has 66 valence electrons. The number of hydrogen-bond acceptors (Lipinski definition) is 2. The van der Waals surface area contributed by atoms with Crippen molar-refractivity contribution in [3.63, 3.8) is 0 Å². The monoisotopic (exact) mass is 168 g/mol. The van der Waals surface area contributed by atoms with E-state index in [1.165, 1.54) is 12.1 Å². The highest BCUT2D eigenvalue weighted by molar-refractivity contribution is 5.32. The van der Waals surface area contributed by atoms with Crippen molar-refractivity contribution in [1.82, 2.24) is 4.98 Å². The Kier molecular flexibility index (Phi) is 2.04. The Hall–Kier alpha value is -1.12. The number of nitrogens with zero attached hydrogens (tertiary/aromatic N) is 1. The summed E-state index contributed by atoms with van der Waals surface area (Å²) in [5.74, 6) is -0.0904. The van der Waals surface area contributed by atoms with Crippen molar-refractivity contribution in [2.24, 2.45) is 0 Å². The first-order chi connectivity index (χ1) is 5.39. The first-order valence-corrected chi connectivity index (χ1v) is 3.83. The highest BCUT2D eigenvalue weighted by Crippen LogP contribution is 2.21. The number of nitrogen functional groups attached to an aromatic ring is 1. The Labute approximate surface area is 71.6 Å². The molecule has 3 heteroatoms. The van der Waals surface area contributed by atoms with Crippen molar-refractivity contribution in [2.45, 2.75) is 26.2 Å². The van der Waals surface area contributed by atoms with Gasteiger partial charge in [-0.25, -0.2) is 9.37 Å². The first-order valence-electron chi connectivity index (χ1n) is 3.83. The number of rotatable bonds is 0. The summed E-state index contributed by atoms with van der Waals surface area (Å²) in [6, 6.07) is 2.63. The van der Waals surface area contributed by atoms with Crippen molar-refractivity contribution in [3.8, 4) is 0 Å². The second kappa shape index (κ2) is 2.73. The molecule has 1 aromatic heterocycles. The standard InChI is InChI=1S/C9H13FN2/c1-9(2,3)7-4-6(10)5-8(11)12-7/h4-5H,1-3H3,(H2,11,12). The van der Waals surface area contributed by atoms with E-state index in [0.29, 0.717) is 5.69 Å². The predicted octanol–water partition coefficient (Wildman–Crippen LogP) is 2.10. The largest absolute Gasteiger partial charge is 0.384 e. The normalized spacial score (nSPS) is 11.7. The molecule has 1 heterocycles. The van der Waals surface area contributed by atoms with Gasteiger partial charge in [0.15, 0.2) is 0 Å². The zero-order valence-corrected chi connectivity index (χ0v) is 7.56. The SMILES string of the molecule is CC(C)(C)c1cc(F)cc(N)n1. The second-order valence-corrected chi connectivity index (χ2v) is 3.85. The highest BCUT2D eigenvalue weighted by atomic mass is 19.1. The van der Waals surface area contributed by atoms with Crippen LogP contribution >= 0.6 is 0 Å². The van der Waals surface area contributed by atoms with Gasteiger partial charge >= 0.3 is 0 Å². The molecule has 1 aromatic rings. The van der Waals surface area contributed by atoms with E-state index in [4.69, 9.17) is 5.73 Å². The summed E-state index contributed by atoms with van der Waals surface area (Å²) in [5, 5.41) is 0. The van der Waals surface area contributed by atoms with Crippen LogP contribution in [0.2, 0.25) is 0 Å². The molecular formula is C9H13FN2. The molecule has 0 aliphatic rings. The van der Waals surface area contributed by atoms with Crippen LogP contribution in [-0.2, 0) is 5.41 Å². The molecule has 0 atom stereocenters. The van der Waals surface area contributed by atoms with Gasteiger partial charge in [0.2, 0.25) is 0 Å². The topological polar surface area (TPSA) is 38.9 Å². The number of aromatic nitrogens is 1. The zero-order chi connectivity index (χ0) is 9.35. The van der Waals surface area contributed by atoms with Gasteiger partial charge in [-0.15, -0.1) is 0 Å². The van der Waals surface area contributed by atoms with Gasteiger partial charge in [-0.1, -0.05) is 20.8 Å². The van der Waals surface area contributed by atoms with Crippen molar-refractivity contribution in [3.05, 3.63) is 23.6 Å². The molecule has 12 heavy (non-hydrogen) atoms. The van der Waals surface area contributed by atoms with Gasteiger partial charge in [-0.3, -0.25) is 0 Å². The Bertz CT molecular complexity index is 269. The predicted molar refractivity (Wildman–Crippen MR) is 47.3 cm³/mol. The highest BCUT2D eigenvalue weighted by Gasteiger charge is 2.16. The summed E-state index contributed by atoms with van der Waals surface area (Å²) in [5.41, 5.74) is 5.93. The smallest absolute Gasteiger partial charge is 0.128 e. The number of pyridine rings is 1. The molecule has 0 aliphatic carbocycles. The Morgan fingerprint density at radius 2 is 1.92 bits per heavy atom. The van der Waals surface area contributed by atoms with Crippen LogP contribution < -0.4 is 5.73 Å². The van der Waals surface area contributed by atoms with Gasteiger partial charge in [0, 0.05) is 11.5 Å². The summed E-state index contributed by atoms with van der Waals surface area (Å²) < 4.78 is 12.8. The molecule has 0 aliphatic heterocycles. The van der Waals surface area contributed by atoms with Crippen LogP contribution in [0.5, 0.6) is 0 Å². The van der Waals surface area contributed by atoms with Gasteiger partial charge < -0.3 is 5.73 Å². The van der Waals surface area contributed by atoms with Gasteiger partial charge in [0.1, 0.15) is 11.6 Å². The summed E-state index contributed by atoms with van der Waals surface area (Å²) in [7, 11) is 0. The molecule has 0 amide bonds. The molecule has 0 unspecified atom stereocenters. The minimum atomic E-state index is -0.326. The summed E-state index contributed by atoms with van der Waals surface area (Å²) in [6.07, 6.45) is 0. The lowest BCUT2D eigenvalue weighted by Gasteiger charge is -2.17. The first kappa shape index (κ1) is 8.97. The molecule has 0 saturated carbocycles. The lowest BCUT2D eigenvalue weighted by Crippen LogP contribution is -2.14. The third kappa shape index (κ3) is 1.94. The molecule has 0 saturated heterocycles. The third-order valence-corrected chi connectivity index (χ3v) is 1.58. The van der Waals surface area contributed by atoms with Crippen molar-refractivity contribution < 1.29 is 4.39 Å². The van der Waals surface area contributed by atoms with Crippen LogP contribution in [0.25, 0.3) is 0 Å². The molecular weight excluding hydrogens is 155 g/mol.